The Balaban J connectivity index is 2.22. The van der Waals surface area contributed by atoms with Crippen molar-refractivity contribution >= 4 is 23.4 Å². The lowest BCUT2D eigenvalue weighted by Crippen LogP contribution is -2.14. The Morgan fingerprint density at radius 2 is 2.00 bits per heavy atom. The van der Waals surface area contributed by atoms with Gasteiger partial charge in [-0.25, -0.2) is 9.98 Å². The Morgan fingerprint density at radius 3 is 2.62 bits per heavy atom. The van der Waals surface area contributed by atoms with E-state index in [1.807, 2.05) is 20.3 Å². The first-order chi connectivity index (χ1) is 9.99. The van der Waals surface area contributed by atoms with Gasteiger partial charge in [-0.15, -0.1) is 11.3 Å². The third-order valence-corrected chi connectivity index (χ3v) is 4.52. The molecule has 0 atom stereocenters. The zero-order valence-electron chi connectivity index (χ0n) is 13.5. The summed E-state index contributed by atoms with van der Waals surface area (Å²) in [5.74, 6) is 0. The molecule has 0 spiro atoms. The van der Waals surface area contributed by atoms with Crippen LogP contribution < -0.4 is 0 Å². The van der Waals surface area contributed by atoms with Crippen LogP contribution in [0, 0.1) is 20.8 Å². The van der Waals surface area contributed by atoms with Crippen LogP contribution in [0.2, 0.25) is 0 Å². The summed E-state index contributed by atoms with van der Waals surface area (Å²) in [6.45, 7) is 9.39. The second-order valence-electron chi connectivity index (χ2n) is 5.44. The Kier molecular flexibility index (Phi) is 5.12. The number of benzene rings is 1. The molecule has 1 aromatic heterocycles. The summed E-state index contributed by atoms with van der Waals surface area (Å²) in [6, 6.07) is 4.41. The number of aromatic nitrogens is 1. The van der Waals surface area contributed by atoms with Crippen LogP contribution in [0.5, 0.6) is 0 Å². The molecule has 112 valence electrons. The van der Waals surface area contributed by atoms with Gasteiger partial charge in [0, 0.05) is 31.1 Å². The van der Waals surface area contributed by atoms with Crippen LogP contribution in [0.4, 0.5) is 5.69 Å². The number of hydrogen-bond acceptors (Lipinski definition) is 3. The van der Waals surface area contributed by atoms with E-state index in [2.05, 4.69) is 53.2 Å². The van der Waals surface area contributed by atoms with Gasteiger partial charge in [-0.2, -0.15) is 0 Å². The molecular weight excluding hydrogens is 278 g/mol. The van der Waals surface area contributed by atoms with Gasteiger partial charge in [0.2, 0.25) is 0 Å². The van der Waals surface area contributed by atoms with E-state index in [1.54, 1.807) is 11.3 Å². The molecule has 3 nitrogen and oxygen atoms in total. The molecule has 0 saturated heterocycles. The van der Waals surface area contributed by atoms with Crippen LogP contribution in [-0.4, -0.2) is 29.8 Å². The molecule has 0 unspecified atom stereocenters. The first kappa shape index (κ1) is 15.7. The number of aliphatic imine (C=N–C) groups is 1. The summed E-state index contributed by atoms with van der Waals surface area (Å²) in [4.78, 5) is 11.2. The first-order valence-electron chi connectivity index (χ1n) is 7.25. The lowest BCUT2D eigenvalue weighted by atomic mass is 10.0. The maximum Gasteiger partial charge on any atom is 0.0972 e. The van der Waals surface area contributed by atoms with Crippen molar-refractivity contribution in [3.05, 3.63) is 44.9 Å². The van der Waals surface area contributed by atoms with E-state index in [0.29, 0.717) is 0 Å². The van der Waals surface area contributed by atoms with Crippen LogP contribution in [0.3, 0.4) is 0 Å². The van der Waals surface area contributed by atoms with Gasteiger partial charge < -0.3 is 4.90 Å². The SMILES string of the molecule is CCN(C)C=Nc1cc(C)c(Cc2nc(C)cs2)cc1C. The van der Waals surface area contributed by atoms with Gasteiger partial charge in [-0.1, -0.05) is 6.07 Å². The summed E-state index contributed by atoms with van der Waals surface area (Å²) < 4.78 is 0. The molecule has 0 N–H and O–H groups in total. The summed E-state index contributed by atoms with van der Waals surface area (Å²) >= 11 is 1.73. The summed E-state index contributed by atoms with van der Waals surface area (Å²) in [6.07, 6.45) is 2.80. The number of hydrogen-bond donors (Lipinski definition) is 0. The quantitative estimate of drug-likeness (QED) is 0.609. The Hall–Kier alpha value is -1.68. The van der Waals surface area contributed by atoms with E-state index >= 15 is 0 Å². The van der Waals surface area contributed by atoms with Gasteiger partial charge in [-0.3, -0.25) is 0 Å². The molecule has 4 heteroatoms. The van der Waals surface area contributed by atoms with Crippen molar-refractivity contribution in [2.24, 2.45) is 4.99 Å². The van der Waals surface area contributed by atoms with Crippen LogP contribution in [0.15, 0.2) is 22.5 Å². The molecule has 2 aromatic rings. The van der Waals surface area contributed by atoms with Crippen LogP contribution in [0.25, 0.3) is 0 Å². The summed E-state index contributed by atoms with van der Waals surface area (Å²) in [5.41, 5.74) is 5.98. The van der Waals surface area contributed by atoms with Crippen molar-refractivity contribution in [2.75, 3.05) is 13.6 Å². The highest BCUT2D eigenvalue weighted by atomic mass is 32.1. The Labute approximate surface area is 131 Å². The second kappa shape index (κ2) is 6.85. The lowest BCUT2D eigenvalue weighted by Gasteiger charge is -2.11. The fraction of sp³-hybridized carbons (Fsp3) is 0.412. The monoisotopic (exact) mass is 301 g/mol. The minimum absolute atomic E-state index is 0.907. The van der Waals surface area contributed by atoms with E-state index in [1.165, 1.54) is 21.7 Å². The van der Waals surface area contributed by atoms with E-state index in [-0.39, 0.29) is 0 Å². The van der Waals surface area contributed by atoms with Crippen molar-refractivity contribution in [3.8, 4) is 0 Å². The Bertz CT molecular complexity index is 643. The standard InChI is InChI=1S/C17H23N3S/c1-6-20(5)11-18-16-8-12(2)15(7-13(16)3)9-17-19-14(4)10-21-17/h7-8,10-11H,6,9H2,1-5H3. The van der Waals surface area contributed by atoms with Gasteiger partial charge in [-0.05, 0) is 50.5 Å². The van der Waals surface area contributed by atoms with Crippen LogP contribution in [0.1, 0.15) is 34.3 Å². The fourth-order valence-electron chi connectivity index (χ4n) is 2.08. The largest absolute Gasteiger partial charge is 0.366 e. The highest BCUT2D eigenvalue weighted by Crippen LogP contribution is 2.25. The maximum absolute atomic E-state index is 4.58. The van der Waals surface area contributed by atoms with Crippen LogP contribution >= 0.6 is 11.3 Å². The fourth-order valence-corrected chi connectivity index (χ4v) is 2.87. The molecule has 0 fully saturated rings. The molecule has 0 aliphatic carbocycles. The molecule has 0 radical (unpaired) electrons. The number of rotatable bonds is 5. The zero-order valence-corrected chi connectivity index (χ0v) is 14.3. The summed E-state index contributed by atoms with van der Waals surface area (Å²) in [5, 5.41) is 3.29. The number of thiazole rings is 1. The van der Waals surface area contributed by atoms with Gasteiger partial charge in [0.15, 0.2) is 0 Å². The minimum atomic E-state index is 0.907. The van der Waals surface area contributed by atoms with Crippen molar-refractivity contribution < 1.29 is 0 Å². The average Bonchev–Trinajstić information content (AvgIpc) is 2.86. The van der Waals surface area contributed by atoms with Crippen molar-refractivity contribution in [3.63, 3.8) is 0 Å². The van der Waals surface area contributed by atoms with Gasteiger partial charge in [0.05, 0.1) is 17.0 Å². The average molecular weight is 301 g/mol. The first-order valence-corrected chi connectivity index (χ1v) is 8.13. The smallest absolute Gasteiger partial charge is 0.0972 e. The number of aryl methyl sites for hydroxylation is 3. The van der Waals surface area contributed by atoms with E-state index in [9.17, 15) is 0 Å². The topological polar surface area (TPSA) is 28.5 Å². The predicted molar refractivity (Wildman–Crippen MR) is 92.0 cm³/mol. The highest BCUT2D eigenvalue weighted by molar-refractivity contribution is 7.09. The zero-order chi connectivity index (χ0) is 15.4. The normalized spacial score (nSPS) is 11.3. The number of nitrogens with zero attached hydrogens (tertiary/aromatic N) is 3. The van der Waals surface area contributed by atoms with Gasteiger partial charge >= 0.3 is 0 Å². The van der Waals surface area contributed by atoms with E-state index in [4.69, 9.17) is 0 Å². The molecule has 0 bridgehead atoms. The molecule has 2 rings (SSSR count). The summed E-state index contributed by atoms with van der Waals surface area (Å²) in [7, 11) is 2.03. The van der Waals surface area contributed by atoms with Crippen LogP contribution in [-0.2, 0) is 6.42 Å². The second-order valence-corrected chi connectivity index (χ2v) is 6.39. The molecule has 0 amide bonds. The van der Waals surface area contributed by atoms with Crippen molar-refractivity contribution in [1.82, 2.24) is 9.88 Å². The van der Waals surface area contributed by atoms with Crippen molar-refractivity contribution in [1.29, 1.82) is 0 Å². The molecule has 1 heterocycles. The predicted octanol–water partition coefficient (Wildman–Crippen LogP) is 4.27. The minimum Gasteiger partial charge on any atom is -0.366 e. The molecule has 0 aliphatic rings. The third kappa shape index (κ3) is 4.14. The molecule has 0 aliphatic heterocycles. The maximum atomic E-state index is 4.58. The highest BCUT2D eigenvalue weighted by Gasteiger charge is 2.07. The molecule has 1 aromatic carbocycles. The Morgan fingerprint density at radius 1 is 1.24 bits per heavy atom. The molecule has 0 saturated carbocycles. The lowest BCUT2D eigenvalue weighted by molar-refractivity contribution is 0.552. The molecule has 21 heavy (non-hydrogen) atoms. The van der Waals surface area contributed by atoms with Gasteiger partial charge in [0.25, 0.3) is 0 Å². The van der Waals surface area contributed by atoms with E-state index < -0.39 is 0 Å². The third-order valence-electron chi connectivity index (χ3n) is 3.56. The van der Waals surface area contributed by atoms with Crippen molar-refractivity contribution in [2.45, 2.75) is 34.1 Å². The van der Waals surface area contributed by atoms with Gasteiger partial charge in [0.1, 0.15) is 0 Å². The molecular formula is C17H23N3S. The van der Waals surface area contributed by atoms with E-state index in [0.717, 1.165) is 24.3 Å².